The fourth-order valence-corrected chi connectivity index (χ4v) is 5.07. The molecule has 1 fully saturated rings. The number of anilines is 1. The van der Waals surface area contributed by atoms with Gasteiger partial charge in [-0.2, -0.15) is 0 Å². The first kappa shape index (κ1) is 22.5. The van der Waals surface area contributed by atoms with E-state index in [1.807, 2.05) is 0 Å². The molecule has 0 atom stereocenters. The van der Waals surface area contributed by atoms with Crippen LogP contribution in [0.25, 0.3) is 11.0 Å². The first-order chi connectivity index (χ1) is 13.7. The second kappa shape index (κ2) is 9.29. The zero-order valence-electron chi connectivity index (χ0n) is 18.4. The number of aryl methyl sites for hydroxylation is 1. The molecule has 0 bridgehead atoms. The minimum Gasteiger partial charge on any atom is -0.331 e. The van der Waals surface area contributed by atoms with E-state index in [2.05, 4.69) is 73.0 Å². The average molecular weight is 436 g/mol. The van der Waals surface area contributed by atoms with E-state index in [1.54, 1.807) is 11.8 Å². The summed E-state index contributed by atoms with van der Waals surface area (Å²) in [5.41, 5.74) is 2.88. The van der Waals surface area contributed by atoms with Crippen LogP contribution in [0.5, 0.6) is 0 Å². The molecule has 2 aromatic rings. The van der Waals surface area contributed by atoms with E-state index < -0.39 is 0 Å². The molecule has 0 spiro atoms. The van der Waals surface area contributed by atoms with E-state index in [0.717, 1.165) is 65.8 Å². The van der Waals surface area contributed by atoms with E-state index in [-0.39, 0.29) is 10.7 Å². The largest absolute Gasteiger partial charge is 0.331 e. The van der Waals surface area contributed by atoms with Crippen molar-refractivity contribution in [2.24, 2.45) is 7.05 Å². The Kier molecular flexibility index (Phi) is 7.19. The molecule has 0 saturated carbocycles. The van der Waals surface area contributed by atoms with Gasteiger partial charge in [-0.25, -0.2) is 9.29 Å². The van der Waals surface area contributed by atoms with Gasteiger partial charge in [-0.1, -0.05) is 27.7 Å². The van der Waals surface area contributed by atoms with Crippen LogP contribution in [0.3, 0.4) is 0 Å². The maximum atomic E-state index is 12.7. The number of benzene rings is 1. The smallest absolute Gasteiger partial charge is 0.298 e. The number of fused-ring (bicyclic) bond motifs is 1. The molecule has 2 heterocycles. The standard InChI is InChI=1S/C21H33N5OS2/c1-7-12-28-18-14-15-17(25(6)19(22-15)21(2,3)4)13-16(18)23-20(27)29-26-10-8-24(5)9-11-26/h13-14H,7-12H2,1-6H3,(H,23,27). The Bertz CT molecular complexity index is 866. The van der Waals surface area contributed by atoms with Gasteiger partial charge in [0.05, 0.1) is 16.7 Å². The van der Waals surface area contributed by atoms with Gasteiger partial charge >= 0.3 is 0 Å². The molecule has 0 aliphatic carbocycles. The second-order valence-electron chi connectivity index (χ2n) is 8.67. The first-order valence-electron chi connectivity index (χ1n) is 10.2. The third-order valence-corrected chi connectivity index (χ3v) is 7.18. The number of thioether (sulfide) groups is 1. The number of nitrogens with zero attached hydrogens (tertiary/aromatic N) is 4. The van der Waals surface area contributed by atoms with Crippen LogP contribution in [0.2, 0.25) is 0 Å². The van der Waals surface area contributed by atoms with E-state index in [1.165, 1.54) is 11.9 Å². The number of imidazole rings is 1. The van der Waals surface area contributed by atoms with E-state index in [4.69, 9.17) is 4.98 Å². The second-order valence-corrected chi connectivity index (χ2v) is 10.9. The molecule has 3 rings (SSSR count). The number of carbonyl (C=O) groups excluding carboxylic acids is 1. The average Bonchev–Trinajstić information content (AvgIpc) is 2.98. The number of hydrogen-bond acceptors (Lipinski definition) is 6. The summed E-state index contributed by atoms with van der Waals surface area (Å²) < 4.78 is 4.29. The van der Waals surface area contributed by atoms with Crippen molar-refractivity contribution in [3.05, 3.63) is 18.0 Å². The lowest BCUT2D eigenvalue weighted by Gasteiger charge is -2.30. The van der Waals surface area contributed by atoms with Gasteiger partial charge in [-0.05, 0) is 31.4 Å². The minimum absolute atomic E-state index is 0.0227. The lowest BCUT2D eigenvalue weighted by atomic mass is 9.96. The van der Waals surface area contributed by atoms with E-state index in [0.29, 0.717) is 0 Å². The third-order valence-electron chi connectivity index (χ3n) is 5.03. The fraction of sp³-hybridized carbons (Fsp3) is 0.619. The predicted octanol–water partition coefficient (Wildman–Crippen LogP) is 4.80. The lowest BCUT2D eigenvalue weighted by molar-refractivity contribution is 0.232. The van der Waals surface area contributed by atoms with Crippen LogP contribution in [0.1, 0.15) is 39.9 Å². The van der Waals surface area contributed by atoms with Crippen LogP contribution < -0.4 is 5.32 Å². The fourth-order valence-electron chi connectivity index (χ4n) is 3.45. The number of rotatable bonds is 5. The molecular weight excluding hydrogens is 402 g/mol. The Morgan fingerprint density at radius 3 is 2.48 bits per heavy atom. The van der Waals surface area contributed by atoms with Crippen molar-refractivity contribution in [3.63, 3.8) is 0 Å². The first-order valence-corrected chi connectivity index (χ1v) is 12.0. The molecule has 1 aromatic heterocycles. The highest BCUT2D eigenvalue weighted by Gasteiger charge is 2.23. The number of piperazine rings is 1. The van der Waals surface area contributed by atoms with Crippen molar-refractivity contribution in [1.82, 2.24) is 18.8 Å². The number of hydrogen-bond donors (Lipinski definition) is 1. The van der Waals surface area contributed by atoms with Gasteiger partial charge in [0.1, 0.15) is 5.82 Å². The number of aromatic nitrogens is 2. The maximum absolute atomic E-state index is 12.7. The highest BCUT2D eigenvalue weighted by Crippen LogP contribution is 2.35. The SMILES string of the molecule is CCCSc1cc2nc(C(C)(C)C)n(C)c2cc1NC(=O)SN1CCN(C)CC1. The normalized spacial score (nSPS) is 16.5. The summed E-state index contributed by atoms with van der Waals surface area (Å²) in [5.74, 6) is 2.06. The Morgan fingerprint density at radius 1 is 1.17 bits per heavy atom. The molecule has 1 aliphatic heterocycles. The number of likely N-dealkylation sites (N-methyl/N-ethyl adjacent to an activating group) is 1. The van der Waals surface area contributed by atoms with Gasteiger partial charge in [0.25, 0.3) is 5.24 Å². The Hall–Kier alpha value is -1.22. The van der Waals surface area contributed by atoms with Crippen molar-refractivity contribution in [3.8, 4) is 0 Å². The summed E-state index contributed by atoms with van der Waals surface area (Å²) in [6.07, 6.45) is 1.08. The molecule has 0 radical (unpaired) electrons. The molecule has 1 aliphatic rings. The van der Waals surface area contributed by atoms with Crippen LogP contribution in [-0.2, 0) is 12.5 Å². The molecule has 1 aromatic carbocycles. The molecule has 29 heavy (non-hydrogen) atoms. The van der Waals surface area contributed by atoms with Crippen molar-refractivity contribution in [2.75, 3.05) is 44.3 Å². The highest BCUT2D eigenvalue weighted by molar-refractivity contribution is 8.11. The van der Waals surface area contributed by atoms with Crippen LogP contribution in [0.15, 0.2) is 17.0 Å². The Labute approximate surface area is 182 Å². The quantitative estimate of drug-likeness (QED) is 0.538. The van der Waals surface area contributed by atoms with Crippen molar-refractivity contribution in [1.29, 1.82) is 0 Å². The van der Waals surface area contributed by atoms with Crippen LogP contribution in [0.4, 0.5) is 10.5 Å². The lowest BCUT2D eigenvalue weighted by Crippen LogP contribution is -2.41. The number of nitrogens with one attached hydrogen (secondary N) is 1. The predicted molar refractivity (Wildman–Crippen MR) is 126 cm³/mol. The summed E-state index contributed by atoms with van der Waals surface area (Å²) in [4.78, 5) is 21.0. The van der Waals surface area contributed by atoms with Crippen LogP contribution >= 0.6 is 23.7 Å². The Morgan fingerprint density at radius 2 is 1.86 bits per heavy atom. The van der Waals surface area contributed by atoms with Gasteiger partial charge in [-0.3, -0.25) is 4.79 Å². The number of amides is 1. The van der Waals surface area contributed by atoms with E-state index >= 15 is 0 Å². The van der Waals surface area contributed by atoms with Gasteiger partial charge in [0, 0.05) is 55.5 Å². The minimum atomic E-state index is -0.0365. The van der Waals surface area contributed by atoms with Gasteiger partial charge < -0.3 is 14.8 Å². The topological polar surface area (TPSA) is 53.4 Å². The van der Waals surface area contributed by atoms with Gasteiger partial charge in [0.2, 0.25) is 0 Å². The van der Waals surface area contributed by atoms with Crippen LogP contribution in [0, 0.1) is 0 Å². The third kappa shape index (κ3) is 5.48. The molecule has 160 valence electrons. The van der Waals surface area contributed by atoms with Crippen molar-refractivity contribution in [2.45, 2.75) is 44.4 Å². The molecular formula is C21H33N5OS2. The molecule has 1 amide bonds. The van der Waals surface area contributed by atoms with Gasteiger partial charge in [-0.15, -0.1) is 11.8 Å². The highest BCUT2D eigenvalue weighted by atomic mass is 32.2. The summed E-state index contributed by atoms with van der Waals surface area (Å²) in [7, 11) is 4.17. The summed E-state index contributed by atoms with van der Waals surface area (Å²) in [6.45, 7) is 12.5. The zero-order chi connectivity index (χ0) is 21.2. The Balaban J connectivity index is 1.85. The molecule has 1 saturated heterocycles. The monoisotopic (exact) mass is 435 g/mol. The van der Waals surface area contributed by atoms with Gasteiger partial charge in [0.15, 0.2) is 0 Å². The maximum Gasteiger partial charge on any atom is 0.298 e. The van der Waals surface area contributed by atoms with E-state index in [9.17, 15) is 4.79 Å². The van der Waals surface area contributed by atoms with Crippen molar-refractivity contribution < 1.29 is 4.79 Å². The summed E-state index contributed by atoms with van der Waals surface area (Å²) in [5, 5.41) is 3.13. The van der Waals surface area contributed by atoms with Crippen LogP contribution in [-0.4, -0.2) is 63.0 Å². The summed E-state index contributed by atoms with van der Waals surface area (Å²) in [6, 6.07) is 4.21. The molecule has 8 heteroatoms. The molecule has 0 unspecified atom stereocenters. The number of carbonyl (C=O) groups is 1. The van der Waals surface area contributed by atoms with Crippen molar-refractivity contribution >= 4 is 45.7 Å². The zero-order valence-corrected chi connectivity index (χ0v) is 20.0. The molecule has 1 N–H and O–H groups in total. The molecule has 6 nitrogen and oxygen atoms in total. The summed E-state index contributed by atoms with van der Waals surface area (Å²) >= 11 is 3.07.